The highest BCUT2D eigenvalue weighted by molar-refractivity contribution is 6.04. The molecule has 3 aromatic carbocycles. The Morgan fingerprint density at radius 1 is 1.09 bits per heavy atom. The van der Waals surface area contributed by atoms with E-state index in [9.17, 15) is 13.9 Å². The Bertz CT molecular complexity index is 1870. The minimum absolute atomic E-state index is 0.0630. The quantitative estimate of drug-likeness (QED) is 0.217. The van der Waals surface area contributed by atoms with E-state index in [1.807, 2.05) is 23.8 Å². The molecule has 4 atom stereocenters. The second kappa shape index (κ2) is 11.0. The standard InChI is InChI=1S/C34H33F4N5O2/c1-4-23-26(36)8-5-18-11-22(44)12-24(28(18)23)29-27(37)13-25-31(30(29)38)40-33(45-17-34(2)19(14-35)9-10-42(34)3)41-32(25)43-15-20-6-7-21(16-43)39-20/h1,5,8,11-13,19-21,39,44H,6-7,9-10,14-17H2,2-3H3/t19-,20-,21+,34-/m0/s1. The van der Waals surface area contributed by atoms with Gasteiger partial charge in [-0.1, -0.05) is 12.0 Å². The third kappa shape index (κ3) is 4.82. The minimum Gasteiger partial charge on any atom is -0.508 e. The number of ether oxygens (including phenoxy) is 1. The Morgan fingerprint density at radius 3 is 2.56 bits per heavy atom. The molecule has 0 spiro atoms. The van der Waals surface area contributed by atoms with Gasteiger partial charge in [0.05, 0.1) is 23.3 Å². The summed E-state index contributed by atoms with van der Waals surface area (Å²) in [5.41, 5.74) is -1.63. The van der Waals surface area contributed by atoms with Gasteiger partial charge in [0.1, 0.15) is 35.3 Å². The normalized spacial score (nSPS) is 24.9. The second-order valence-corrected chi connectivity index (χ2v) is 12.7. The number of aromatic nitrogens is 2. The Morgan fingerprint density at radius 2 is 1.84 bits per heavy atom. The zero-order chi connectivity index (χ0) is 31.6. The summed E-state index contributed by atoms with van der Waals surface area (Å²) in [6.07, 6.45) is 8.27. The summed E-state index contributed by atoms with van der Waals surface area (Å²) in [7, 11) is 1.91. The van der Waals surface area contributed by atoms with Gasteiger partial charge in [-0.15, -0.1) is 6.42 Å². The van der Waals surface area contributed by atoms with Crippen molar-refractivity contribution in [2.45, 2.75) is 43.8 Å². The monoisotopic (exact) mass is 619 g/mol. The van der Waals surface area contributed by atoms with Crippen molar-refractivity contribution in [3.63, 3.8) is 0 Å². The van der Waals surface area contributed by atoms with Crippen LogP contribution in [0.3, 0.4) is 0 Å². The number of piperazine rings is 1. The number of aromatic hydroxyl groups is 1. The van der Waals surface area contributed by atoms with E-state index < -0.39 is 35.2 Å². The van der Waals surface area contributed by atoms with Crippen molar-refractivity contribution in [1.29, 1.82) is 0 Å². The van der Waals surface area contributed by atoms with Gasteiger partial charge in [0.25, 0.3) is 0 Å². The lowest BCUT2D eigenvalue weighted by atomic mass is 9.88. The average Bonchev–Trinajstić information content (AvgIpc) is 3.51. The van der Waals surface area contributed by atoms with E-state index in [0.29, 0.717) is 37.3 Å². The maximum atomic E-state index is 16.8. The molecule has 3 fully saturated rings. The third-order valence-corrected chi connectivity index (χ3v) is 10.1. The summed E-state index contributed by atoms with van der Waals surface area (Å²) >= 11 is 0. The van der Waals surface area contributed by atoms with Crippen molar-refractivity contribution in [2.75, 3.05) is 44.9 Å². The first kappa shape index (κ1) is 29.6. The molecule has 7 rings (SSSR count). The minimum atomic E-state index is -1.03. The molecule has 45 heavy (non-hydrogen) atoms. The van der Waals surface area contributed by atoms with Gasteiger partial charge < -0.3 is 20.1 Å². The number of likely N-dealkylation sites (tertiary alicyclic amines) is 1. The van der Waals surface area contributed by atoms with Crippen LogP contribution in [0.25, 0.3) is 32.8 Å². The second-order valence-electron chi connectivity index (χ2n) is 12.7. The highest BCUT2D eigenvalue weighted by Gasteiger charge is 2.44. The van der Waals surface area contributed by atoms with Crippen molar-refractivity contribution in [1.82, 2.24) is 20.2 Å². The summed E-state index contributed by atoms with van der Waals surface area (Å²) in [5.74, 6) is -0.608. The molecule has 0 unspecified atom stereocenters. The number of terminal acetylenes is 1. The van der Waals surface area contributed by atoms with Gasteiger partial charge >= 0.3 is 6.01 Å². The number of nitrogens with zero attached hydrogens (tertiary/aromatic N) is 4. The van der Waals surface area contributed by atoms with Gasteiger partial charge in [-0.25, -0.2) is 13.2 Å². The SMILES string of the molecule is C#Cc1c(F)ccc2cc(O)cc(-c3c(F)cc4c(N5C[C@H]6CC[C@@H](C5)N6)nc(OC[C@@]5(C)[C@H](CF)CCN5C)nc4c3F)c12. The van der Waals surface area contributed by atoms with Crippen LogP contribution in [0.2, 0.25) is 0 Å². The van der Waals surface area contributed by atoms with Crippen LogP contribution in [0.4, 0.5) is 23.4 Å². The number of halogens is 4. The van der Waals surface area contributed by atoms with Gasteiger partial charge in [0.15, 0.2) is 5.82 Å². The van der Waals surface area contributed by atoms with Crippen molar-refractivity contribution >= 4 is 27.5 Å². The van der Waals surface area contributed by atoms with Crippen LogP contribution in [0, 0.1) is 35.7 Å². The number of phenolic OH excluding ortho intramolecular Hbond substituents is 1. The van der Waals surface area contributed by atoms with Crippen molar-refractivity contribution in [2.24, 2.45) is 5.92 Å². The molecule has 4 heterocycles. The molecule has 11 heteroatoms. The first-order chi connectivity index (χ1) is 21.6. The molecule has 7 nitrogen and oxygen atoms in total. The van der Waals surface area contributed by atoms with Crippen molar-refractivity contribution < 1.29 is 27.4 Å². The number of rotatable bonds is 6. The zero-order valence-electron chi connectivity index (χ0n) is 25.0. The van der Waals surface area contributed by atoms with E-state index in [2.05, 4.69) is 21.2 Å². The molecule has 234 valence electrons. The van der Waals surface area contributed by atoms with Crippen molar-refractivity contribution in [3.8, 4) is 35.2 Å². The number of fused-ring (bicyclic) bond motifs is 4. The van der Waals surface area contributed by atoms with E-state index in [4.69, 9.17) is 11.2 Å². The fourth-order valence-corrected chi connectivity index (χ4v) is 7.36. The number of likely N-dealkylation sites (N-methyl/N-ethyl adjacent to an activating group) is 1. The van der Waals surface area contributed by atoms with Gasteiger partial charge in [-0.05, 0) is 69.4 Å². The molecule has 2 N–H and O–H groups in total. The van der Waals surface area contributed by atoms with Gasteiger partial charge in [-0.3, -0.25) is 9.29 Å². The number of hydrogen-bond donors (Lipinski definition) is 2. The molecule has 2 bridgehead atoms. The van der Waals surface area contributed by atoms with Gasteiger partial charge in [0.2, 0.25) is 0 Å². The van der Waals surface area contributed by atoms with Gasteiger partial charge in [0, 0.05) is 47.4 Å². The highest BCUT2D eigenvalue weighted by atomic mass is 19.1. The summed E-state index contributed by atoms with van der Waals surface area (Å²) in [5, 5.41) is 14.6. The highest BCUT2D eigenvalue weighted by Crippen LogP contribution is 2.42. The molecular weight excluding hydrogens is 586 g/mol. The Kier molecular flexibility index (Phi) is 7.25. The van der Waals surface area contributed by atoms with E-state index >= 15 is 8.78 Å². The van der Waals surface area contributed by atoms with Crippen LogP contribution < -0.4 is 15.0 Å². The van der Waals surface area contributed by atoms with Gasteiger partial charge in [-0.2, -0.15) is 9.97 Å². The maximum absolute atomic E-state index is 16.8. The predicted octanol–water partition coefficient (Wildman–Crippen LogP) is 5.55. The lowest BCUT2D eigenvalue weighted by molar-refractivity contribution is 0.0657. The Labute approximate surface area is 258 Å². The lowest BCUT2D eigenvalue weighted by Gasteiger charge is -2.36. The number of alkyl halides is 1. The summed E-state index contributed by atoms with van der Waals surface area (Å²) in [6, 6.07) is 6.53. The van der Waals surface area contributed by atoms with Crippen LogP contribution in [0.5, 0.6) is 11.8 Å². The Hall–Kier alpha value is -4.14. The Balaban J connectivity index is 1.42. The molecule has 3 saturated heterocycles. The van der Waals surface area contributed by atoms with Crippen LogP contribution in [-0.2, 0) is 0 Å². The smallest absolute Gasteiger partial charge is 0.319 e. The molecule has 0 aliphatic carbocycles. The van der Waals surface area contributed by atoms with Crippen LogP contribution in [0.15, 0.2) is 30.3 Å². The van der Waals surface area contributed by atoms with E-state index in [0.717, 1.165) is 25.0 Å². The molecule has 4 aromatic rings. The van der Waals surface area contributed by atoms with E-state index in [1.165, 1.54) is 18.2 Å². The number of phenols is 1. The summed E-state index contributed by atoms with van der Waals surface area (Å²) in [4.78, 5) is 13.2. The van der Waals surface area contributed by atoms with E-state index in [1.54, 1.807) is 0 Å². The summed E-state index contributed by atoms with van der Waals surface area (Å²) in [6.45, 7) is 3.35. The van der Waals surface area contributed by atoms with E-state index in [-0.39, 0.29) is 63.8 Å². The molecule has 1 aromatic heterocycles. The molecule has 0 saturated carbocycles. The first-order valence-electron chi connectivity index (χ1n) is 15.1. The average molecular weight is 620 g/mol. The fourth-order valence-electron chi connectivity index (χ4n) is 7.36. The van der Waals surface area contributed by atoms with Crippen LogP contribution in [0.1, 0.15) is 31.7 Å². The number of hydrogen-bond acceptors (Lipinski definition) is 7. The predicted molar refractivity (Wildman–Crippen MR) is 165 cm³/mol. The first-order valence-corrected chi connectivity index (χ1v) is 15.1. The molecule has 3 aliphatic heterocycles. The maximum Gasteiger partial charge on any atom is 0.319 e. The number of benzene rings is 3. The largest absolute Gasteiger partial charge is 0.508 e. The topological polar surface area (TPSA) is 73.8 Å². The van der Waals surface area contributed by atoms with Crippen molar-refractivity contribution in [3.05, 3.63) is 53.3 Å². The molecular formula is C34H33F4N5O2. The van der Waals surface area contributed by atoms with Crippen LogP contribution >= 0.6 is 0 Å². The number of nitrogens with one attached hydrogen (secondary N) is 1. The number of anilines is 1. The molecule has 3 aliphatic rings. The third-order valence-electron chi connectivity index (χ3n) is 10.1. The lowest BCUT2D eigenvalue weighted by Crippen LogP contribution is -2.51. The molecule has 0 amide bonds. The zero-order valence-corrected chi connectivity index (χ0v) is 25.0. The molecule has 0 radical (unpaired) electrons. The summed E-state index contributed by atoms with van der Waals surface area (Å²) < 4.78 is 67.8. The fraction of sp³-hybridized carbons (Fsp3) is 0.412. The van der Waals surface area contributed by atoms with Crippen LogP contribution in [-0.4, -0.2) is 77.6 Å².